The standard InChI is InChI=1S/C22H19F4NO/c23-20-11-9-18(10-12-20)21(28,17-6-2-1-3-7-17)15-27-14-16-5-4-8-19(13-16)22(24,25)26/h1-13,27-28H,14-15H2/p+1. The van der Waals surface area contributed by atoms with Gasteiger partial charge in [-0.25, -0.2) is 4.39 Å². The Hall–Kier alpha value is -2.70. The Bertz CT molecular complexity index is 910. The maximum Gasteiger partial charge on any atom is 0.416 e. The van der Waals surface area contributed by atoms with Gasteiger partial charge in [-0.05, 0) is 35.4 Å². The van der Waals surface area contributed by atoms with Crippen molar-refractivity contribution in [1.82, 2.24) is 0 Å². The van der Waals surface area contributed by atoms with Crippen LogP contribution in [0.15, 0.2) is 78.9 Å². The maximum atomic E-state index is 13.3. The van der Waals surface area contributed by atoms with Gasteiger partial charge in [0, 0.05) is 5.56 Å². The lowest BCUT2D eigenvalue weighted by Gasteiger charge is -2.27. The average Bonchev–Trinajstić information content (AvgIpc) is 2.68. The lowest BCUT2D eigenvalue weighted by atomic mass is 9.86. The molecule has 28 heavy (non-hydrogen) atoms. The minimum absolute atomic E-state index is 0.166. The summed E-state index contributed by atoms with van der Waals surface area (Å²) in [6, 6.07) is 19.6. The first-order chi connectivity index (χ1) is 13.3. The van der Waals surface area contributed by atoms with E-state index in [1.165, 1.54) is 30.3 Å². The van der Waals surface area contributed by atoms with Crippen LogP contribution in [0.5, 0.6) is 0 Å². The lowest BCUT2D eigenvalue weighted by Crippen LogP contribution is -2.86. The van der Waals surface area contributed by atoms with E-state index in [1.807, 2.05) is 6.07 Å². The van der Waals surface area contributed by atoms with E-state index < -0.39 is 23.2 Å². The molecule has 0 fully saturated rings. The Morgan fingerprint density at radius 3 is 2.00 bits per heavy atom. The van der Waals surface area contributed by atoms with Crippen LogP contribution in [-0.2, 0) is 18.3 Å². The van der Waals surface area contributed by atoms with E-state index in [4.69, 9.17) is 0 Å². The van der Waals surface area contributed by atoms with E-state index in [9.17, 15) is 22.7 Å². The van der Waals surface area contributed by atoms with E-state index >= 15 is 0 Å². The van der Waals surface area contributed by atoms with Gasteiger partial charge in [-0.3, -0.25) is 0 Å². The first-order valence-electron chi connectivity index (χ1n) is 8.81. The van der Waals surface area contributed by atoms with Crippen LogP contribution in [0.3, 0.4) is 0 Å². The van der Waals surface area contributed by atoms with Crippen molar-refractivity contribution in [3.8, 4) is 0 Å². The molecule has 0 aliphatic heterocycles. The summed E-state index contributed by atoms with van der Waals surface area (Å²) in [5.74, 6) is -0.410. The number of hydrogen-bond acceptors (Lipinski definition) is 1. The number of alkyl halides is 3. The summed E-state index contributed by atoms with van der Waals surface area (Å²) in [4.78, 5) is 0. The van der Waals surface area contributed by atoms with Gasteiger partial charge < -0.3 is 10.4 Å². The number of quaternary nitrogens is 1. The van der Waals surface area contributed by atoms with E-state index in [0.29, 0.717) is 16.7 Å². The van der Waals surface area contributed by atoms with E-state index in [-0.39, 0.29) is 13.1 Å². The second-order valence-corrected chi connectivity index (χ2v) is 6.63. The molecule has 6 heteroatoms. The molecule has 0 aliphatic carbocycles. The van der Waals surface area contributed by atoms with Gasteiger partial charge in [0.15, 0.2) is 5.60 Å². The van der Waals surface area contributed by atoms with Crippen molar-refractivity contribution in [2.45, 2.75) is 18.3 Å². The monoisotopic (exact) mass is 390 g/mol. The smallest absolute Gasteiger partial charge is 0.375 e. The zero-order valence-corrected chi connectivity index (χ0v) is 15.0. The van der Waals surface area contributed by atoms with Crippen LogP contribution in [-0.4, -0.2) is 11.7 Å². The van der Waals surface area contributed by atoms with Gasteiger partial charge in [-0.2, -0.15) is 13.2 Å². The van der Waals surface area contributed by atoms with Gasteiger partial charge in [-0.15, -0.1) is 0 Å². The molecule has 0 spiro atoms. The summed E-state index contributed by atoms with van der Waals surface area (Å²) in [6.07, 6.45) is -4.39. The third-order valence-electron chi connectivity index (χ3n) is 4.65. The van der Waals surface area contributed by atoms with E-state index in [0.717, 1.165) is 12.1 Å². The van der Waals surface area contributed by atoms with Crippen LogP contribution in [0.25, 0.3) is 0 Å². The van der Waals surface area contributed by atoms with Crippen molar-refractivity contribution < 1.29 is 28.0 Å². The predicted molar refractivity (Wildman–Crippen MR) is 97.8 cm³/mol. The molecule has 0 saturated carbocycles. The Morgan fingerprint density at radius 2 is 1.36 bits per heavy atom. The van der Waals surface area contributed by atoms with Gasteiger partial charge in [0.25, 0.3) is 0 Å². The predicted octanol–water partition coefficient (Wildman–Crippen LogP) is 3.84. The Labute approximate surface area is 160 Å². The van der Waals surface area contributed by atoms with Crippen molar-refractivity contribution >= 4 is 0 Å². The van der Waals surface area contributed by atoms with Crippen LogP contribution in [0.2, 0.25) is 0 Å². The Kier molecular flexibility index (Phi) is 5.82. The molecule has 3 N–H and O–H groups in total. The van der Waals surface area contributed by atoms with Crippen LogP contribution < -0.4 is 5.32 Å². The number of nitrogens with two attached hydrogens (primary N) is 1. The van der Waals surface area contributed by atoms with E-state index in [2.05, 4.69) is 0 Å². The Morgan fingerprint density at radius 1 is 0.750 bits per heavy atom. The number of rotatable bonds is 6. The molecule has 0 radical (unpaired) electrons. The molecule has 0 aliphatic rings. The zero-order chi connectivity index (χ0) is 20.2. The van der Waals surface area contributed by atoms with Gasteiger partial charge >= 0.3 is 6.18 Å². The highest BCUT2D eigenvalue weighted by Crippen LogP contribution is 2.30. The molecule has 0 saturated heterocycles. The van der Waals surface area contributed by atoms with Gasteiger partial charge in [0.05, 0.1) is 5.56 Å². The number of benzene rings is 3. The van der Waals surface area contributed by atoms with Crippen LogP contribution in [0, 0.1) is 5.82 Å². The normalized spacial score (nSPS) is 13.9. The molecule has 0 aromatic heterocycles. The highest BCUT2D eigenvalue weighted by atomic mass is 19.4. The van der Waals surface area contributed by atoms with Crippen LogP contribution in [0.4, 0.5) is 17.6 Å². The molecule has 3 rings (SSSR count). The van der Waals surface area contributed by atoms with Crippen molar-refractivity contribution in [3.05, 3.63) is 107 Å². The summed E-state index contributed by atoms with van der Waals surface area (Å²) < 4.78 is 51.9. The quantitative estimate of drug-likeness (QED) is 0.617. The highest BCUT2D eigenvalue weighted by Gasteiger charge is 2.34. The van der Waals surface area contributed by atoms with Gasteiger partial charge in [0.2, 0.25) is 0 Å². The number of aliphatic hydroxyl groups is 1. The fraction of sp³-hybridized carbons (Fsp3) is 0.182. The second-order valence-electron chi connectivity index (χ2n) is 6.63. The summed E-state index contributed by atoms with van der Waals surface area (Å²) in [5, 5.41) is 13.1. The molecule has 2 nitrogen and oxygen atoms in total. The molecule has 0 amide bonds. The van der Waals surface area contributed by atoms with Crippen molar-refractivity contribution in [1.29, 1.82) is 0 Å². The van der Waals surface area contributed by atoms with Gasteiger partial charge in [0.1, 0.15) is 18.9 Å². The summed E-state index contributed by atoms with van der Waals surface area (Å²) >= 11 is 0. The largest absolute Gasteiger partial charge is 0.416 e. The van der Waals surface area contributed by atoms with Crippen molar-refractivity contribution in [2.24, 2.45) is 0 Å². The minimum Gasteiger partial charge on any atom is -0.375 e. The third-order valence-corrected chi connectivity index (χ3v) is 4.65. The topological polar surface area (TPSA) is 36.8 Å². The number of halogens is 4. The summed E-state index contributed by atoms with van der Waals surface area (Å²) in [7, 11) is 0. The van der Waals surface area contributed by atoms with Crippen LogP contribution in [0.1, 0.15) is 22.3 Å². The maximum absolute atomic E-state index is 13.3. The zero-order valence-electron chi connectivity index (χ0n) is 15.0. The number of hydrogen-bond donors (Lipinski definition) is 2. The third kappa shape index (κ3) is 4.58. The molecule has 1 unspecified atom stereocenters. The van der Waals surface area contributed by atoms with Crippen molar-refractivity contribution in [2.75, 3.05) is 6.54 Å². The molecule has 0 bridgehead atoms. The first kappa shape index (κ1) is 20.0. The highest BCUT2D eigenvalue weighted by molar-refractivity contribution is 5.36. The average molecular weight is 390 g/mol. The summed E-state index contributed by atoms with van der Waals surface area (Å²) in [5.41, 5.74) is -0.460. The first-order valence-corrected chi connectivity index (χ1v) is 8.81. The SMILES string of the molecule is OC(C[NH2+]Cc1cccc(C(F)(F)F)c1)(c1ccccc1)c1ccc(F)cc1. The molecular weight excluding hydrogens is 370 g/mol. The lowest BCUT2D eigenvalue weighted by molar-refractivity contribution is -0.682. The Balaban J connectivity index is 1.81. The second kappa shape index (κ2) is 8.12. The van der Waals surface area contributed by atoms with Crippen LogP contribution >= 0.6 is 0 Å². The molecule has 3 aromatic carbocycles. The minimum atomic E-state index is -4.39. The molecule has 0 heterocycles. The summed E-state index contributed by atoms with van der Waals surface area (Å²) in [6.45, 7) is 0.430. The molecule has 146 valence electrons. The van der Waals surface area contributed by atoms with E-state index in [1.54, 1.807) is 35.6 Å². The van der Waals surface area contributed by atoms with Gasteiger partial charge in [-0.1, -0.05) is 54.6 Å². The fourth-order valence-corrected chi connectivity index (χ4v) is 3.16. The molecular formula is C22H20F4NO+. The molecule has 3 aromatic rings. The van der Waals surface area contributed by atoms with Crippen molar-refractivity contribution in [3.63, 3.8) is 0 Å². The molecule has 1 atom stereocenters. The fourth-order valence-electron chi connectivity index (χ4n) is 3.16.